The summed E-state index contributed by atoms with van der Waals surface area (Å²) >= 11 is 0. The minimum Gasteiger partial charge on any atom is -0.591 e. The molecule has 0 aliphatic heterocycles. The van der Waals surface area contributed by atoms with Crippen LogP contribution in [0, 0.1) is 116 Å². The van der Waals surface area contributed by atoms with E-state index in [4.69, 9.17) is 58.5 Å². The first-order valence-electron chi connectivity index (χ1n) is 25.4. The average molecular weight is 1460 g/mol. The maximum atomic E-state index is 13.6. The van der Waals surface area contributed by atoms with Crippen molar-refractivity contribution in [2.45, 2.75) is 41.5 Å². The Labute approximate surface area is 549 Å². The summed E-state index contributed by atoms with van der Waals surface area (Å²) in [6.07, 6.45) is 4.36. The molecule has 92 heavy (non-hydrogen) atoms. The van der Waals surface area contributed by atoms with Gasteiger partial charge in [-0.25, -0.2) is 35.1 Å². The number of rotatable bonds is 2. The number of nitrogens with zero attached hydrogens (tertiary/aromatic N) is 4. The van der Waals surface area contributed by atoms with Gasteiger partial charge in [-0.15, -0.1) is 23.6 Å². The average Bonchev–Trinajstić information content (AvgIpc) is 1.41. The molecule has 24 heteroatoms. The van der Waals surface area contributed by atoms with Crippen LogP contribution in [0.3, 0.4) is 0 Å². The molecule has 8 aromatic carbocycles. The summed E-state index contributed by atoms with van der Waals surface area (Å²) in [5, 5.41) is 48.0. The summed E-state index contributed by atoms with van der Waals surface area (Å²) in [5.41, 5.74) is 3.13. The molecular weight excluding hydrogens is 1400 g/mol. The maximum Gasteiger partial charge on any atom is 0.300 e. The Kier molecular flexibility index (Phi) is 43.1. The topological polar surface area (TPSA) is 222 Å². The van der Waals surface area contributed by atoms with Crippen LogP contribution in [-0.2, 0) is 50.4 Å². The number of aliphatic carboxylic acids is 2. The summed E-state index contributed by atoms with van der Waals surface area (Å²) in [6.45, 7) is 7.89. The van der Waals surface area contributed by atoms with Crippen LogP contribution in [0.25, 0.3) is 66.5 Å². The number of fused-ring (bicyclic) bond motifs is 4. The quantitative estimate of drug-likeness (QED) is 0.0542. The number of hydrogen-bond acceptors (Lipinski definition) is 10. The van der Waals surface area contributed by atoms with Crippen LogP contribution in [0.15, 0.2) is 212 Å². The number of hydrogen-bond donors (Lipinski definition) is 2. The van der Waals surface area contributed by atoms with E-state index in [9.17, 15) is 43.9 Å². The molecule has 12 rings (SSSR count). The van der Waals surface area contributed by atoms with Crippen LogP contribution in [0.1, 0.15) is 41.5 Å². The number of carboxylic acid groups (broad SMARTS) is 2. The van der Waals surface area contributed by atoms with Gasteiger partial charge in [0.25, 0.3) is 11.9 Å². The third-order valence-corrected chi connectivity index (χ3v) is 9.69. The van der Waals surface area contributed by atoms with Crippen molar-refractivity contribution in [3.05, 3.63) is 265 Å². The number of benzene rings is 8. The van der Waals surface area contributed by atoms with E-state index in [0.717, 1.165) is 64.1 Å². The van der Waals surface area contributed by atoms with Crippen molar-refractivity contribution in [3.8, 4) is 46.9 Å². The molecule has 0 spiro atoms. The molecule has 0 saturated heterocycles. The van der Waals surface area contributed by atoms with E-state index in [0.29, 0.717) is 5.39 Å². The van der Waals surface area contributed by atoms with E-state index in [-0.39, 0.29) is 46.4 Å². The van der Waals surface area contributed by atoms with Gasteiger partial charge in [0.2, 0.25) is 5.82 Å². The monoisotopic (exact) mass is 1450 g/mol. The minimum atomic E-state index is -2.19. The molecule has 0 saturated carbocycles. The zero-order chi connectivity index (χ0) is 67.6. The van der Waals surface area contributed by atoms with Gasteiger partial charge in [0.15, 0.2) is 23.3 Å². The Balaban J connectivity index is 0. The summed E-state index contributed by atoms with van der Waals surface area (Å²) < 4.78 is 147. The summed E-state index contributed by atoms with van der Waals surface area (Å²) in [4.78, 5) is 18.0. The van der Waals surface area contributed by atoms with Crippen LogP contribution < -0.4 is 0 Å². The molecule has 0 aliphatic carbocycles. The van der Waals surface area contributed by atoms with Crippen molar-refractivity contribution in [1.29, 1.82) is 21.0 Å². The van der Waals surface area contributed by atoms with E-state index in [1.165, 1.54) is 39.8 Å². The normalized spacial score (nSPS) is 8.83. The fourth-order valence-electron chi connectivity index (χ4n) is 6.29. The van der Waals surface area contributed by atoms with Gasteiger partial charge in [-0.2, -0.15) is 21.0 Å². The number of carboxylic acids is 2. The van der Waals surface area contributed by atoms with Crippen molar-refractivity contribution < 1.29 is 122 Å². The van der Waals surface area contributed by atoms with Gasteiger partial charge < -0.3 is 27.9 Å². The molecule has 12 nitrogen and oxygen atoms in total. The Morgan fingerprint density at radius 2 is 0.707 bits per heavy atom. The van der Waals surface area contributed by atoms with Gasteiger partial charge >= 0.3 is 0 Å². The molecule has 0 atom stereocenters. The van der Waals surface area contributed by atoms with E-state index < -0.39 is 81.4 Å². The molecule has 0 aliphatic rings. The summed E-state index contributed by atoms with van der Waals surface area (Å²) in [7, 11) is 0. The Morgan fingerprint density at radius 1 is 0.402 bits per heavy atom. The first-order chi connectivity index (χ1) is 43.0. The second-order valence-corrected chi connectivity index (χ2v) is 16.3. The van der Waals surface area contributed by atoms with Crippen LogP contribution in [0.5, 0.6) is 0 Å². The molecule has 4 heterocycles. The number of furan rings is 4. The van der Waals surface area contributed by atoms with Gasteiger partial charge in [0.05, 0.1) is 65.2 Å². The zero-order valence-corrected chi connectivity index (χ0v) is 52.1. The van der Waals surface area contributed by atoms with Gasteiger partial charge in [0, 0.05) is 104 Å². The Hall–Kier alpha value is -10.6. The van der Waals surface area contributed by atoms with Crippen molar-refractivity contribution in [3.63, 3.8) is 0 Å². The van der Waals surface area contributed by atoms with E-state index >= 15 is 0 Å². The number of nitriles is 4. The molecular formula is C68H52F10N4O8Pd2-2. The number of para-hydroxylation sites is 4. The smallest absolute Gasteiger partial charge is 0.300 e. The zero-order valence-electron chi connectivity index (χ0n) is 49.0. The fraction of sp³-hybridized carbons (Fsp3) is 0.0882. The minimum absolute atomic E-state index is 0. The fourth-order valence-corrected chi connectivity index (χ4v) is 6.29. The third kappa shape index (κ3) is 30.1. The molecule has 0 fully saturated rings. The van der Waals surface area contributed by atoms with Crippen molar-refractivity contribution in [2.24, 2.45) is 0 Å². The molecule has 0 unspecified atom stereocenters. The predicted molar refractivity (Wildman–Crippen MR) is 318 cm³/mol. The van der Waals surface area contributed by atoms with Crippen molar-refractivity contribution in [2.75, 3.05) is 0 Å². The van der Waals surface area contributed by atoms with Gasteiger partial charge in [-0.05, 0) is 48.2 Å². The largest absolute Gasteiger partial charge is 0.591 e. The first kappa shape index (κ1) is 83.5. The van der Waals surface area contributed by atoms with Gasteiger partial charge in [-0.3, -0.25) is 18.4 Å². The van der Waals surface area contributed by atoms with Gasteiger partial charge in [-0.1, -0.05) is 140 Å². The third-order valence-electron chi connectivity index (χ3n) is 9.69. The standard InChI is InChI=1S/C14H5F5O.C14H10O.C8H6O.C8H5O.C6F5.C6H6.4C2H3N.2C2H4O2.2Pd/c15-10-9(11(16)13(18)14(19)12(10)17)8-5-6-3-1-2-4-7(6)20-8;1-2-6-11(7-3-1)14-10-12-8-4-5-9-13(12)15-14;2*1-2-4-8-7(3-1)5-6-9-8;7-2-1-3(8)5(10)6(11)4(2)9;1-2-4-6-5-3-1;4*1-2-3;2*1-2(3)4;;/h1-5H;1-10H;1-6H;1-5H;;1-6H;4*1H3;2*1H3,(H,3,4);;/q;;;2*-1;;;;;;;;;. The molecule has 4 aromatic heterocycles. The van der Waals surface area contributed by atoms with E-state index in [2.05, 4.69) is 30.5 Å². The van der Waals surface area contributed by atoms with Gasteiger partial charge in [0.1, 0.15) is 28.3 Å². The molecule has 0 bridgehead atoms. The van der Waals surface area contributed by atoms with E-state index in [1.807, 2.05) is 133 Å². The maximum absolute atomic E-state index is 13.6. The molecule has 2 N–H and O–H groups in total. The molecule has 484 valence electrons. The number of carbonyl (C=O) groups is 2. The molecule has 0 amide bonds. The Bertz CT molecular complexity index is 3930. The number of halogens is 10. The van der Waals surface area contributed by atoms with Crippen LogP contribution in [-0.4, -0.2) is 22.2 Å². The van der Waals surface area contributed by atoms with Crippen molar-refractivity contribution in [1.82, 2.24) is 0 Å². The SMILES string of the molecule is CC#N.CC#N.CC#N.CC#N.CC(=O)O.CC(=O)O.Fc1[c-]c(F)c(F)c(F)c1F.Fc1c(F)c(F)c(-c2cc3ccccc3o2)c(F)c1F.[Pd].[Pd].[c-]1cc2ccccc2o1.c1ccc(-c2cc3ccccc3o2)cc1.c1ccc2occc2c1.c1ccccc1. The van der Waals surface area contributed by atoms with Crippen molar-refractivity contribution >= 4 is 55.8 Å². The second kappa shape index (κ2) is 47.4. The predicted octanol–water partition coefficient (Wildman–Crippen LogP) is 19.7. The van der Waals surface area contributed by atoms with Crippen LogP contribution in [0.2, 0.25) is 0 Å². The van der Waals surface area contributed by atoms with Crippen LogP contribution >= 0.6 is 0 Å². The van der Waals surface area contributed by atoms with Crippen LogP contribution in [0.4, 0.5) is 43.9 Å². The molecule has 12 aromatic rings. The first-order valence-corrected chi connectivity index (χ1v) is 25.4. The molecule has 0 radical (unpaired) electrons. The summed E-state index contributed by atoms with van der Waals surface area (Å²) in [5.74, 6) is -21.2. The summed E-state index contributed by atoms with van der Waals surface area (Å²) in [6, 6.07) is 67.5. The second-order valence-electron chi connectivity index (χ2n) is 16.3. The van der Waals surface area contributed by atoms with E-state index in [1.54, 1.807) is 48.7 Å². The Morgan fingerprint density at radius 3 is 1.10 bits per heavy atom.